The van der Waals surface area contributed by atoms with Gasteiger partial charge in [0.15, 0.2) is 0 Å². The van der Waals surface area contributed by atoms with Crippen LogP contribution in [0.5, 0.6) is 0 Å². The molecule has 3 heteroatoms. The van der Waals surface area contributed by atoms with E-state index in [1.165, 1.54) is 0 Å². The van der Waals surface area contributed by atoms with Crippen LogP contribution in [0.3, 0.4) is 0 Å². The van der Waals surface area contributed by atoms with Crippen LogP contribution in [0, 0.1) is 5.41 Å². The standard InChI is InChI=1S/C17H21NO2/c1-17(2,11-16(19)20)10-15(18)14-9-5-7-12-6-3-4-8-13(12)14/h3-9,15H,10-11,18H2,1-2H3,(H,19,20). The highest BCUT2D eigenvalue weighted by molar-refractivity contribution is 5.86. The molecule has 0 aliphatic rings. The smallest absolute Gasteiger partial charge is 0.303 e. The summed E-state index contributed by atoms with van der Waals surface area (Å²) >= 11 is 0. The van der Waals surface area contributed by atoms with Gasteiger partial charge in [-0.15, -0.1) is 0 Å². The number of nitrogens with two attached hydrogens (primary N) is 1. The molecule has 20 heavy (non-hydrogen) atoms. The summed E-state index contributed by atoms with van der Waals surface area (Å²) in [6.07, 6.45) is 0.777. The molecule has 2 aromatic carbocycles. The van der Waals surface area contributed by atoms with Crippen molar-refractivity contribution >= 4 is 16.7 Å². The third-order valence-electron chi connectivity index (χ3n) is 3.63. The van der Waals surface area contributed by atoms with Gasteiger partial charge in [0, 0.05) is 6.04 Å². The first-order valence-corrected chi connectivity index (χ1v) is 6.84. The molecule has 0 amide bonds. The molecule has 0 aromatic heterocycles. The van der Waals surface area contributed by atoms with Gasteiger partial charge in [-0.1, -0.05) is 56.3 Å². The molecule has 3 N–H and O–H groups in total. The maximum atomic E-state index is 10.9. The number of aliphatic carboxylic acids is 1. The van der Waals surface area contributed by atoms with E-state index in [2.05, 4.69) is 18.2 Å². The fourth-order valence-corrected chi connectivity index (χ4v) is 2.76. The molecule has 0 saturated carbocycles. The lowest BCUT2D eigenvalue weighted by Crippen LogP contribution is -2.24. The molecular weight excluding hydrogens is 250 g/mol. The van der Waals surface area contributed by atoms with Gasteiger partial charge in [0.05, 0.1) is 6.42 Å². The van der Waals surface area contributed by atoms with Gasteiger partial charge in [-0.3, -0.25) is 4.79 Å². The highest BCUT2D eigenvalue weighted by Crippen LogP contribution is 2.34. The number of hydrogen-bond acceptors (Lipinski definition) is 2. The van der Waals surface area contributed by atoms with Gasteiger partial charge in [0.2, 0.25) is 0 Å². The summed E-state index contributed by atoms with van der Waals surface area (Å²) in [6.45, 7) is 3.90. The fraction of sp³-hybridized carbons (Fsp3) is 0.353. The van der Waals surface area contributed by atoms with E-state index in [1.807, 2.05) is 38.1 Å². The van der Waals surface area contributed by atoms with Gasteiger partial charge in [-0.2, -0.15) is 0 Å². The van der Waals surface area contributed by atoms with E-state index < -0.39 is 5.97 Å². The molecule has 0 saturated heterocycles. The fourth-order valence-electron chi connectivity index (χ4n) is 2.76. The van der Waals surface area contributed by atoms with E-state index in [9.17, 15) is 4.79 Å². The van der Waals surface area contributed by atoms with Crippen molar-refractivity contribution in [2.75, 3.05) is 0 Å². The number of carbonyl (C=O) groups is 1. The van der Waals surface area contributed by atoms with Crippen molar-refractivity contribution < 1.29 is 9.90 Å². The second-order valence-corrected chi connectivity index (χ2v) is 6.11. The molecule has 3 nitrogen and oxygen atoms in total. The van der Waals surface area contributed by atoms with Gasteiger partial charge in [-0.25, -0.2) is 0 Å². The second kappa shape index (κ2) is 5.63. The van der Waals surface area contributed by atoms with E-state index in [0.29, 0.717) is 6.42 Å². The van der Waals surface area contributed by atoms with Crippen LogP contribution >= 0.6 is 0 Å². The molecular formula is C17H21NO2. The van der Waals surface area contributed by atoms with Crippen LogP contribution in [-0.2, 0) is 4.79 Å². The third-order valence-corrected chi connectivity index (χ3v) is 3.63. The quantitative estimate of drug-likeness (QED) is 0.871. The van der Waals surface area contributed by atoms with Crippen LogP contribution in [0.4, 0.5) is 0 Å². The zero-order valence-electron chi connectivity index (χ0n) is 12.0. The van der Waals surface area contributed by atoms with Crippen LogP contribution in [0.2, 0.25) is 0 Å². The lowest BCUT2D eigenvalue weighted by Gasteiger charge is -2.27. The van der Waals surface area contributed by atoms with Gasteiger partial charge >= 0.3 is 5.97 Å². The minimum Gasteiger partial charge on any atom is -0.481 e. The molecule has 2 aromatic rings. The zero-order valence-corrected chi connectivity index (χ0v) is 12.0. The summed E-state index contributed by atoms with van der Waals surface area (Å²) < 4.78 is 0. The molecule has 0 spiro atoms. The lowest BCUT2D eigenvalue weighted by molar-refractivity contribution is -0.139. The van der Waals surface area contributed by atoms with Gasteiger partial charge in [-0.05, 0) is 28.2 Å². The first kappa shape index (κ1) is 14.5. The summed E-state index contributed by atoms with van der Waals surface area (Å²) in [4.78, 5) is 10.9. The van der Waals surface area contributed by atoms with Gasteiger partial charge in [0.25, 0.3) is 0 Å². The number of benzene rings is 2. The Kier molecular flexibility index (Phi) is 4.09. The van der Waals surface area contributed by atoms with E-state index in [4.69, 9.17) is 10.8 Å². The molecule has 0 bridgehead atoms. The second-order valence-electron chi connectivity index (χ2n) is 6.11. The summed E-state index contributed by atoms with van der Waals surface area (Å²) in [6, 6.07) is 14.1. The summed E-state index contributed by atoms with van der Waals surface area (Å²) in [5, 5.41) is 11.3. The van der Waals surface area contributed by atoms with E-state index in [1.54, 1.807) is 0 Å². The van der Waals surface area contributed by atoms with E-state index >= 15 is 0 Å². The molecule has 1 unspecified atom stereocenters. The maximum Gasteiger partial charge on any atom is 0.303 e. The minimum absolute atomic E-state index is 0.130. The highest BCUT2D eigenvalue weighted by Gasteiger charge is 2.25. The maximum absolute atomic E-state index is 10.9. The SMILES string of the molecule is CC(C)(CC(=O)O)CC(N)c1cccc2ccccc12. The third kappa shape index (κ3) is 3.36. The highest BCUT2D eigenvalue weighted by atomic mass is 16.4. The van der Waals surface area contributed by atoms with Crippen molar-refractivity contribution in [1.29, 1.82) is 0 Å². The van der Waals surface area contributed by atoms with Crippen LogP contribution in [-0.4, -0.2) is 11.1 Å². The van der Waals surface area contributed by atoms with Crippen molar-refractivity contribution in [1.82, 2.24) is 0 Å². The minimum atomic E-state index is -0.778. The first-order valence-electron chi connectivity index (χ1n) is 6.84. The number of hydrogen-bond donors (Lipinski definition) is 2. The number of carboxylic acids is 1. The Hall–Kier alpha value is -1.87. The van der Waals surface area contributed by atoms with Crippen molar-refractivity contribution in [2.24, 2.45) is 11.1 Å². The van der Waals surface area contributed by atoms with E-state index in [-0.39, 0.29) is 17.9 Å². The Morgan fingerprint density at radius 1 is 1.20 bits per heavy atom. The summed E-state index contributed by atoms with van der Waals surface area (Å²) in [7, 11) is 0. The molecule has 106 valence electrons. The van der Waals surface area contributed by atoms with Crippen molar-refractivity contribution in [2.45, 2.75) is 32.7 Å². The van der Waals surface area contributed by atoms with Crippen LogP contribution in [0.25, 0.3) is 10.8 Å². The van der Waals surface area contributed by atoms with Crippen molar-refractivity contribution in [3.63, 3.8) is 0 Å². The average molecular weight is 271 g/mol. The Bertz CT molecular complexity index is 614. The molecule has 0 fully saturated rings. The van der Waals surface area contributed by atoms with Gasteiger partial charge in [0.1, 0.15) is 0 Å². The normalized spacial score (nSPS) is 13.3. The predicted octanol–water partition coefficient (Wildman–Crippen LogP) is 3.73. The Labute approximate surface area is 119 Å². The molecule has 0 radical (unpaired) electrons. The lowest BCUT2D eigenvalue weighted by atomic mass is 9.80. The molecule has 0 heterocycles. The summed E-state index contributed by atoms with van der Waals surface area (Å²) in [5.74, 6) is -0.778. The van der Waals surface area contributed by atoms with Crippen LogP contribution in [0.15, 0.2) is 42.5 Å². The average Bonchev–Trinajstić information content (AvgIpc) is 2.35. The van der Waals surface area contributed by atoms with Crippen LogP contribution < -0.4 is 5.73 Å². The van der Waals surface area contributed by atoms with E-state index in [0.717, 1.165) is 16.3 Å². The Balaban J connectivity index is 2.28. The summed E-state index contributed by atoms with van der Waals surface area (Å²) in [5.41, 5.74) is 7.10. The topological polar surface area (TPSA) is 63.3 Å². The zero-order chi connectivity index (χ0) is 14.8. The van der Waals surface area contributed by atoms with Crippen molar-refractivity contribution in [3.05, 3.63) is 48.0 Å². The number of rotatable bonds is 5. The molecule has 0 aliphatic heterocycles. The Morgan fingerprint density at radius 3 is 2.55 bits per heavy atom. The molecule has 1 atom stereocenters. The van der Waals surface area contributed by atoms with Crippen molar-refractivity contribution in [3.8, 4) is 0 Å². The molecule has 0 aliphatic carbocycles. The number of fused-ring (bicyclic) bond motifs is 1. The molecule has 2 rings (SSSR count). The Morgan fingerprint density at radius 2 is 1.85 bits per heavy atom. The van der Waals surface area contributed by atoms with Gasteiger partial charge < -0.3 is 10.8 Å². The largest absolute Gasteiger partial charge is 0.481 e. The monoisotopic (exact) mass is 271 g/mol. The number of carboxylic acid groups (broad SMARTS) is 1. The predicted molar refractivity (Wildman–Crippen MR) is 81.5 cm³/mol. The first-order chi connectivity index (χ1) is 9.39. The van der Waals surface area contributed by atoms with Crippen LogP contribution in [0.1, 0.15) is 38.3 Å².